The molecule has 0 fully saturated rings. The third kappa shape index (κ3) is 8.69. The Morgan fingerprint density at radius 3 is 2.09 bits per heavy atom. The predicted octanol–water partition coefficient (Wildman–Crippen LogP) is 4.11. The summed E-state index contributed by atoms with van der Waals surface area (Å²) in [5, 5.41) is 15.1. The Balaban J connectivity index is 3.46. The zero-order valence-electron chi connectivity index (χ0n) is 21.8. The number of nitrogens with zero attached hydrogens (tertiary/aromatic N) is 2. The molecule has 0 saturated heterocycles. The van der Waals surface area contributed by atoms with E-state index in [0.29, 0.717) is 12.0 Å². The van der Waals surface area contributed by atoms with Crippen LogP contribution in [0, 0.1) is 17.2 Å². The van der Waals surface area contributed by atoms with Crippen molar-refractivity contribution in [3.05, 3.63) is 35.4 Å². The zero-order chi connectivity index (χ0) is 26.1. The first-order chi connectivity index (χ1) is 15.8. The third-order valence-electron chi connectivity index (χ3n) is 5.37. The highest BCUT2D eigenvalue weighted by atomic mass is 16.6. The summed E-state index contributed by atoms with van der Waals surface area (Å²) in [6.45, 7) is 14.3. The molecule has 0 aliphatic carbocycles. The summed E-state index contributed by atoms with van der Waals surface area (Å²) in [6.07, 6.45) is 0.708. The summed E-state index contributed by atoms with van der Waals surface area (Å²) < 4.78 is 5.36. The van der Waals surface area contributed by atoms with Crippen LogP contribution in [0.4, 0.5) is 4.79 Å². The fourth-order valence-electron chi connectivity index (χ4n) is 3.44. The van der Waals surface area contributed by atoms with Gasteiger partial charge in [0.1, 0.15) is 24.2 Å². The first-order valence-corrected chi connectivity index (χ1v) is 11.9. The second-order valence-electron chi connectivity index (χ2n) is 9.79. The Morgan fingerprint density at radius 2 is 1.65 bits per heavy atom. The molecule has 0 bridgehead atoms. The number of ether oxygens (including phenoxy) is 1. The molecular formula is C26H40N4O4. The van der Waals surface area contributed by atoms with E-state index >= 15 is 0 Å². The molecule has 8 nitrogen and oxygen atoms in total. The maximum atomic E-state index is 13.8. The normalized spacial score (nSPS) is 13.9. The first kappa shape index (κ1) is 29.0. The van der Waals surface area contributed by atoms with E-state index < -0.39 is 29.7 Å². The topological polar surface area (TPSA) is 112 Å². The molecule has 0 aromatic heterocycles. The second-order valence-corrected chi connectivity index (χ2v) is 9.79. The van der Waals surface area contributed by atoms with Gasteiger partial charge in [-0.15, -0.1) is 0 Å². The van der Waals surface area contributed by atoms with Crippen molar-refractivity contribution in [1.29, 1.82) is 5.26 Å². The van der Waals surface area contributed by atoms with E-state index in [1.807, 2.05) is 52.8 Å². The van der Waals surface area contributed by atoms with E-state index in [0.717, 1.165) is 12.0 Å². The lowest BCUT2D eigenvalue weighted by Gasteiger charge is -2.35. The Labute approximate surface area is 204 Å². The van der Waals surface area contributed by atoms with Crippen LogP contribution in [0.15, 0.2) is 24.3 Å². The molecule has 1 rings (SSSR count). The van der Waals surface area contributed by atoms with Crippen molar-refractivity contribution < 1.29 is 19.1 Å². The standard InChI is InChI=1S/C26H40N4O4/c1-9-18(5)21(29-25(33)34-26(6,7)8)24(32)30(16-15-27)22(23(31)28-17(3)4)20-13-11-19(10-2)12-14-20/h11-14,17-18,21-22H,9-10,16H2,1-8H3,(H,28,31)(H,29,33). The van der Waals surface area contributed by atoms with Crippen LogP contribution >= 0.6 is 0 Å². The number of nitriles is 1. The monoisotopic (exact) mass is 472 g/mol. The van der Waals surface area contributed by atoms with Gasteiger partial charge in [0, 0.05) is 6.04 Å². The molecule has 1 aromatic carbocycles. The van der Waals surface area contributed by atoms with Crippen LogP contribution in [0.3, 0.4) is 0 Å². The van der Waals surface area contributed by atoms with Gasteiger partial charge in [-0.2, -0.15) is 5.26 Å². The van der Waals surface area contributed by atoms with Gasteiger partial charge in [0.05, 0.1) is 6.07 Å². The van der Waals surface area contributed by atoms with E-state index in [9.17, 15) is 19.6 Å². The number of rotatable bonds is 10. The zero-order valence-corrected chi connectivity index (χ0v) is 21.8. The lowest BCUT2D eigenvalue weighted by molar-refractivity contribution is -0.142. The lowest BCUT2D eigenvalue weighted by Crippen LogP contribution is -2.55. The van der Waals surface area contributed by atoms with Crippen molar-refractivity contribution in [2.75, 3.05) is 6.54 Å². The second kappa shape index (κ2) is 13.0. The number of carbonyl (C=O) groups excluding carboxylic acids is 3. The molecule has 188 valence electrons. The molecule has 3 amide bonds. The van der Waals surface area contributed by atoms with Crippen LogP contribution in [0.1, 0.15) is 79.0 Å². The predicted molar refractivity (Wildman–Crippen MR) is 132 cm³/mol. The number of carbonyl (C=O) groups is 3. The highest BCUT2D eigenvalue weighted by Gasteiger charge is 2.38. The van der Waals surface area contributed by atoms with E-state index in [4.69, 9.17) is 4.74 Å². The highest BCUT2D eigenvalue weighted by Crippen LogP contribution is 2.25. The van der Waals surface area contributed by atoms with Gasteiger partial charge in [0.25, 0.3) is 0 Å². The van der Waals surface area contributed by atoms with E-state index in [1.165, 1.54) is 4.90 Å². The average Bonchev–Trinajstić information content (AvgIpc) is 2.74. The summed E-state index contributed by atoms with van der Waals surface area (Å²) >= 11 is 0. The van der Waals surface area contributed by atoms with Gasteiger partial charge < -0.3 is 20.3 Å². The SMILES string of the molecule is CCc1ccc(C(C(=O)NC(C)C)N(CC#N)C(=O)C(NC(=O)OC(C)(C)C)C(C)CC)cc1. The summed E-state index contributed by atoms with van der Waals surface area (Å²) in [5.74, 6) is -1.15. The molecule has 1 aromatic rings. The number of nitrogens with one attached hydrogen (secondary N) is 2. The number of aryl methyl sites for hydroxylation is 1. The largest absolute Gasteiger partial charge is 0.444 e. The maximum Gasteiger partial charge on any atom is 0.408 e. The van der Waals surface area contributed by atoms with Crippen LogP contribution in [-0.4, -0.2) is 47.0 Å². The molecule has 0 aliphatic heterocycles. The Bertz CT molecular complexity index is 868. The fraction of sp³-hybridized carbons (Fsp3) is 0.615. The third-order valence-corrected chi connectivity index (χ3v) is 5.37. The smallest absolute Gasteiger partial charge is 0.408 e. The summed E-state index contributed by atoms with van der Waals surface area (Å²) in [6, 6.07) is 7.30. The highest BCUT2D eigenvalue weighted by molar-refractivity contribution is 5.92. The molecule has 0 heterocycles. The maximum absolute atomic E-state index is 13.8. The van der Waals surface area contributed by atoms with Crippen molar-refractivity contribution in [3.63, 3.8) is 0 Å². The van der Waals surface area contributed by atoms with Crippen LogP contribution in [-0.2, 0) is 20.7 Å². The minimum atomic E-state index is -1.02. The quantitative estimate of drug-likeness (QED) is 0.498. The van der Waals surface area contributed by atoms with Crippen LogP contribution in [0.2, 0.25) is 0 Å². The Hall–Kier alpha value is -3.08. The van der Waals surface area contributed by atoms with Crippen molar-refractivity contribution >= 4 is 17.9 Å². The Morgan fingerprint density at radius 1 is 1.06 bits per heavy atom. The van der Waals surface area contributed by atoms with Crippen molar-refractivity contribution in [1.82, 2.24) is 15.5 Å². The van der Waals surface area contributed by atoms with E-state index in [2.05, 4.69) is 10.6 Å². The molecular weight excluding hydrogens is 432 g/mol. The Kier molecular flexibility index (Phi) is 11.0. The number of amides is 3. The lowest BCUT2D eigenvalue weighted by atomic mass is 9.95. The van der Waals surface area contributed by atoms with Gasteiger partial charge >= 0.3 is 6.09 Å². The van der Waals surface area contributed by atoms with E-state index in [1.54, 1.807) is 32.9 Å². The van der Waals surface area contributed by atoms with Crippen molar-refractivity contribution in [3.8, 4) is 6.07 Å². The van der Waals surface area contributed by atoms with Crippen molar-refractivity contribution in [2.45, 2.75) is 92.0 Å². The van der Waals surface area contributed by atoms with Crippen molar-refractivity contribution in [2.24, 2.45) is 5.92 Å². The number of alkyl carbamates (subject to hydrolysis) is 1. The van der Waals surface area contributed by atoms with Gasteiger partial charge in [-0.1, -0.05) is 51.5 Å². The van der Waals surface area contributed by atoms with Crippen LogP contribution in [0.25, 0.3) is 0 Å². The average molecular weight is 473 g/mol. The molecule has 0 aliphatic rings. The summed E-state index contributed by atoms with van der Waals surface area (Å²) in [7, 11) is 0. The van der Waals surface area contributed by atoms with Crippen LogP contribution < -0.4 is 10.6 Å². The molecule has 0 spiro atoms. The van der Waals surface area contributed by atoms with Gasteiger partial charge in [0.15, 0.2) is 0 Å². The fourth-order valence-corrected chi connectivity index (χ4v) is 3.44. The molecule has 0 saturated carbocycles. The van der Waals surface area contributed by atoms with Gasteiger partial charge in [-0.25, -0.2) is 4.79 Å². The molecule has 0 radical (unpaired) electrons. The number of hydrogen-bond acceptors (Lipinski definition) is 5. The molecule has 3 unspecified atom stereocenters. The molecule has 34 heavy (non-hydrogen) atoms. The first-order valence-electron chi connectivity index (χ1n) is 11.9. The van der Waals surface area contributed by atoms with Gasteiger partial charge in [0.2, 0.25) is 11.8 Å². The molecule has 2 N–H and O–H groups in total. The molecule has 3 atom stereocenters. The van der Waals surface area contributed by atoms with Gasteiger partial charge in [-0.05, 0) is 58.1 Å². The van der Waals surface area contributed by atoms with E-state index in [-0.39, 0.29) is 24.4 Å². The summed E-state index contributed by atoms with van der Waals surface area (Å²) in [4.78, 5) is 40.8. The number of hydrogen-bond donors (Lipinski definition) is 2. The molecule has 8 heteroatoms. The minimum Gasteiger partial charge on any atom is -0.444 e. The minimum absolute atomic E-state index is 0.158. The van der Waals surface area contributed by atoms with Crippen LogP contribution in [0.5, 0.6) is 0 Å². The summed E-state index contributed by atoms with van der Waals surface area (Å²) in [5.41, 5.74) is 0.952. The number of benzene rings is 1. The van der Waals surface area contributed by atoms with Gasteiger partial charge in [-0.3, -0.25) is 9.59 Å².